The molecule has 1 amide bonds. The standard InChI is InChI=1S/C16H24N2O3/c1-4-17-16(19)11(2)21-15-9-14(20-3)8-5-12(15)10-18-13-6-7-13/h5,8-9,11,13,18H,4,6-7,10H2,1-3H3,(H,17,19). The summed E-state index contributed by atoms with van der Waals surface area (Å²) in [6.07, 6.45) is 1.94. The van der Waals surface area contributed by atoms with E-state index in [0.717, 1.165) is 17.9 Å². The number of hydrogen-bond acceptors (Lipinski definition) is 4. The fourth-order valence-corrected chi connectivity index (χ4v) is 2.02. The second kappa shape index (κ2) is 7.31. The monoisotopic (exact) mass is 292 g/mol. The lowest BCUT2D eigenvalue weighted by atomic mass is 10.2. The molecule has 116 valence electrons. The van der Waals surface area contributed by atoms with Crippen LogP contribution in [0.15, 0.2) is 18.2 Å². The van der Waals surface area contributed by atoms with Gasteiger partial charge in [0.2, 0.25) is 0 Å². The van der Waals surface area contributed by atoms with Crippen LogP contribution in [0.3, 0.4) is 0 Å². The summed E-state index contributed by atoms with van der Waals surface area (Å²) in [6, 6.07) is 6.35. The molecule has 1 aliphatic rings. The second-order valence-electron chi connectivity index (χ2n) is 5.28. The Morgan fingerprint density at radius 1 is 1.43 bits per heavy atom. The number of amides is 1. The number of ether oxygens (including phenoxy) is 2. The second-order valence-corrected chi connectivity index (χ2v) is 5.28. The first-order valence-corrected chi connectivity index (χ1v) is 7.48. The molecule has 1 unspecified atom stereocenters. The maximum atomic E-state index is 11.8. The molecule has 1 fully saturated rings. The van der Waals surface area contributed by atoms with Gasteiger partial charge in [-0.15, -0.1) is 0 Å². The molecule has 2 N–H and O–H groups in total. The third kappa shape index (κ3) is 4.63. The molecule has 0 heterocycles. The van der Waals surface area contributed by atoms with Crippen LogP contribution < -0.4 is 20.1 Å². The lowest BCUT2D eigenvalue weighted by Crippen LogP contribution is -2.36. The van der Waals surface area contributed by atoms with E-state index < -0.39 is 6.10 Å². The third-order valence-corrected chi connectivity index (χ3v) is 3.46. The van der Waals surface area contributed by atoms with E-state index in [2.05, 4.69) is 10.6 Å². The van der Waals surface area contributed by atoms with Gasteiger partial charge in [0.1, 0.15) is 11.5 Å². The summed E-state index contributed by atoms with van der Waals surface area (Å²) < 4.78 is 11.1. The van der Waals surface area contributed by atoms with Gasteiger partial charge in [-0.2, -0.15) is 0 Å². The van der Waals surface area contributed by atoms with Crippen LogP contribution in [-0.2, 0) is 11.3 Å². The van der Waals surface area contributed by atoms with Gasteiger partial charge >= 0.3 is 0 Å². The van der Waals surface area contributed by atoms with Crippen molar-refractivity contribution in [2.24, 2.45) is 0 Å². The van der Waals surface area contributed by atoms with Crippen molar-refractivity contribution in [1.29, 1.82) is 0 Å². The van der Waals surface area contributed by atoms with Crippen LogP contribution in [0.2, 0.25) is 0 Å². The summed E-state index contributed by atoms with van der Waals surface area (Å²) in [5.41, 5.74) is 1.04. The number of benzene rings is 1. The molecule has 1 saturated carbocycles. The quantitative estimate of drug-likeness (QED) is 0.768. The molecule has 5 heteroatoms. The number of likely N-dealkylation sites (N-methyl/N-ethyl adjacent to an activating group) is 1. The predicted molar refractivity (Wildman–Crippen MR) is 81.6 cm³/mol. The minimum atomic E-state index is -0.531. The molecular formula is C16H24N2O3. The number of rotatable bonds is 8. The average Bonchev–Trinajstić information content (AvgIpc) is 3.30. The van der Waals surface area contributed by atoms with Crippen molar-refractivity contribution in [2.45, 2.75) is 45.4 Å². The van der Waals surface area contributed by atoms with E-state index in [-0.39, 0.29) is 5.91 Å². The van der Waals surface area contributed by atoms with Crippen LogP contribution in [0.5, 0.6) is 11.5 Å². The zero-order chi connectivity index (χ0) is 15.2. The maximum Gasteiger partial charge on any atom is 0.260 e. The van der Waals surface area contributed by atoms with Crippen molar-refractivity contribution in [3.05, 3.63) is 23.8 Å². The van der Waals surface area contributed by atoms with Crippen LogP contribution in [0.4, 0.5) is 0 Å². The molecular weight excluding hydrogens is 268 g/mol. The summed E-state index contributed by atoms with van der Waals surface area (Å²) in [4.78, 5) is 11.8. The van der Waals surface area contributed by atoms with Crippen molar-refractivity contribution in [2.75, 3.05) is 13.7 Å². The van der Waals surface area contributed by atoms with Gasteiger partial charge in [0.25, 0.3) is 5.91 Å². The highest BCUT2D eigenvalue weighted by Crippen LogP contribution is 2.27. The van der Waals surface area contributed by atoms with Crippen molar-refractivity contribution in [3.8, 4) is 11.5 Å². The third-order valence-electron chi connectivity index (χ3n) is 3.46. The largest absolute Gasteiger partial charge is 0.497 e. The first kappa shape index (κ1) is 15.6. The molecule has 0 spiro atoms. The van der Waals surface area contributed by atoms with Gasteiger partial charge in [-0.25, -0.2) is 0 Å². The number of carbonyl (C=O) groups excluding carboxylic acids is 1. The molecule has 1 aliphatic carbocycles. The molecule has 0 saturated heterocycles. The molecule has 0 bridgehead atoms. The summed E-state index contributed by atoms with van der Waals surface area (Å²) in [5, 5.41) is 6.22. The Labute approximate surface area is 126 Å². The number of nitrogens with one attached hydrogen (secondary N) is 2. The first-order chi connectivity index (χ1) is 10.1. The summed E-state index contributed by atoms with van der Waals surface area (Å²) in [6.45, 7) is 4.98. The number of methoxy groups -OCH3 is 1. The minimum absolute atomic E-state index is 0.110. The van der Waals surface area contributed by atoms with E-state index in [1.54, 1.807) is 14.0 Å². The molecule has 2 rings (SSSR count). The Kier molecular flexibility index (Phi) is 5.44. The Morgan fingerprint density at radius 2 is 2.19 bits per heavy atom. The number of hydrogen-bond donors (Lipinski definition) is 2. The van der Waals surface area contributed by atoms with E-state index in [4.69, 9.17) is 9.47 Å². The van der Waals surface area contributed by atoms with Gasteiger partial charge < -0.3 is 20.1 Å². The Morgan fingerprint density at radius 3 is 2.81 bits per heavy atom. The van der Waals surface area contributed by atoms with Crippen molar-refractivity contribution in [3.63, 3.8) is 0 Å². The van der Waals surface area contributed by atoms with Gasteiger partial charge in [0.15, 0.2) is 6.10 Å². The highest BCUT2D eigenvalue weighted by atomic mass is 16.5. The highest BCUT2D eigenvalue weighted by molar-refractivity contribution is 5.80. The molecule has 1 aromatic carbocycles. The molecule has 1 atom stereocenters. The topological polar surface area (TPSA) is 59.6 Å². The Balaban J connectivity index is 2.07. The smallest absolute Gasteiger partial charge is 0.260 e. The molecule has 21 heavy (non-hydrogen) atoms. The van der Waals surface area contributed by atoms with Crippen LogP contribution in [-0.4, -0.2) is 31.7 Å². The fourth-order valence-electron chi connectivity index (χ4n) is 2.02. The average molecular weight is 292 g/mol. The first-order valence-electron chi connectivity index (χ1n) is 7.48. The van der Waals surface area contributed by atoms with Gasteiger partial charge in [-0.3, -0.25) is 4.79 Å². The lowest BCUT2D eigenvalue weighted by Gasteiger charge is -2.18. The van der Waals surface area contributed by atoms with Gasteiger partial charge in [0.05, 0.1) is 7.11 Å². The van der Waals surface area contributed by atoms with Crippen molar-refractivity contribution >= 4 is 5.91 Å². The molecule has 0 aromatic heterocycles. The lowest BCUT2D eigenvalue weighted by molar-refractivity contribution is -0.127. The normalized spacial score (nSPS) is 15.4. The van der Waals surface area contributed by atoms with E-state index in [9.17, 15) is 4.79 Å². The molecule has 5 nitrogen and oxygen atoms in total. The van der Waals surface area contributed by atoms with Crippen LogP contribution in [0.25, 0.3) is 0 Å². The van der Waals surface area contributed by atoms with Crippen LogP contribution in [0, 0.1) is 0 Å². The predicted octanol–water partition coefficient (Wildman–Crippen LogP) is 1.85. The Bertz CT molecular complexity index is 486. The van der Waals surface area contributed by atoms with Gasteiger partial charge in [0, 0.05) is 30.8 Å². The molecule has 0 aliphatic heterocycles. The van der Waals surface area contributed by atoms with E-state index in [1.807, 2.05) is 25.1 Å². The summed E-state index contributed by atoms with van der Waals surface area (Å²) in [7, 11) is 1.62. The minimum Gasteiger partial charge on any atom is -0.497 e. The zero-order valence-electron chi connectivity index (χ0n) is 12.9. The SMILES string of the molecule is CCNC(=O)C(C)Oc1cc(OC)ccc1CNC1CC1. The molecule has 0 radical (unpaired) electrons. The van der Waals surface area contributed by atoms with E-state index in [0.29, 0.717) is 18.3 Å². The van der Waals surface area contributed by atoms with Crippen LogP contribution >= 0.6 is 0 Å². The Hall–Kier alpha value is -1.75. The van der Waals surface area contributed by atoms with Gasteiger partial charge in [-0.05, 0) is 32.8 Å². The zero-order valence-corrected chi connectivity index (χ0v) is 12.9. The maximum absolute atomic E-state index is 11.8. The highest BCUT2D eigenvalue weighted by Gasteiger charge is 2.21. The summed E-state index contributed by atoms with van der Waals surface area (Å²) >= 11 is 0. The van der Waals surface area contributed by atoms with Crippen LogP contribution in [0.1, 0.15) is 32.3 Å². The molecule has 1 aromatic rings. The van der Waals surface area contributed by atoms with Crippen molar-refractivity contribution in [1.82, 2.24) is 10.6 Å². The van der Waals surface area contributed by atoms with Gasteiger partial charge in [-0.1, -0.05) is 6.07 Å². The summed E-state index contributed by atoms with van der Waals surface area (Å²) in [5.74, 6) is 1.31. The van der Waals surface area contributed by atoms with Crippen molar-refractivity contribution < 1.29 is 14.3 Å². The fraction of sp³-hybridized carbons (Fsp3) is 0.562. The van der Waals surface area contributed by atoms with E-state index >= 15 is 0 Å². The number of carbonyl (C=O) groups is 1. The van der Waals surface area contributed by atoms with E-state index in [1.165, 1.54) is 12.8 Å².